The largest absolute Gasteiger partial charge is 0.493 e. The van der Waals surface area contributed by atoms with Crippen LogP contribution in [0.1, 0.15) is 17.2 Å². The van der Waals surface area contributed by atoms with Crippen molar-refractivity contribution in [3.8, 4) is 11.5 Å². The van der Waals surface area contributed by atoms with Gasteiger partial charge in [-0.2, -0.15) is 0 Å². The highest BCUT2D eigenvalue weighted by Crippen LogP contribution is 2.36. The molecule has 1 N–H and O–H groups in total. The lowest BCUT2D eigenvalue weighted by molar-refractivity contribution is 0.213. The Balaban J connectivity index is 2.43. The molecular weight excluding hydrogens is 247 g/mol. The first kappa shape index (κ1) is 13.4. The summed E-state index contributed by atoms with van der Waals surface area (Å²) in [5, 5.41) is 10.4. The molecule has 2 rings (SSSR count). The van der Waals surface area contributed by atoms with E-state index in [1.807, 2.05) is 0 Å². The van der Waals surface area contributed by atoms with Gasteiger partial charge in [0.2, 0.25) is 0 Å². The average Bonchev–Trinajstić information content (AvgIpc) is 2.46. The number of aliphatic hydroxyl groups is 1. The molecule has 2 aromatic rings. The van der Waals surface area contributed by atoms with Crippen LogP contribution in [0.4, 0.5) is 4.39 Å². The van der Waals surface area contributed by atoms with Crippen LogP contribution in [0.2, 0.25) is 0 Å². The minimum Gasteiger partial charge on any atom is -0.493 e. The average molecular weight is 262 g/mol. The second-order valence-electron chi connectivity index (χ2n) is 4.04. The molecule has 0 aliphatic rings. The lowest BCUT2D eigenvalue weighted by Gasteiger charge is -2.17. The summed E-state index contributed by atoms with van der Waals surface area (Å²) in [5.74, 6) is 0.677. The summed E-state index contributed by atoms with van der Waals surface area (Å²) in [6.07, 6.45) is -0.898. The number of ether oxygens (including phenoxy) is 2. The number of aliphatic hydroxyl groups excluding tert-OH is 1. The summed E-state index contributed by atoms with van der Waals surface area (Å²) in [4.78, 5) is 0. The Hall–Kier alpha value is -2.07. The van der Waals surface area contributed by atoms with Crippen molar-refractivity contribution >= 4 is 0 Å². The lowest BCUT2D eigenvalue weighted by Crippen LogP contribution is -2.03. The molecule has 3 nitrogen and oxygen atoms in total. The van der Waals surface area contributed by atoms with Gasteiger partial charge in [-0.25, -0.2) is 4.39 Å². The van der Waals surface area contributed by atoms with Crippen molar-refractivity contribution in [2.75, 3.05) is 14.2 Å². The first-order chi connectivity index (χ1) is 9.17. The van der Waals surface area contributed by atoms with Gasteiger partial charge in [-0.3, -0.25) is 0 Å². The molecule has 0 amide bonds. The van der Waals surface area contributed by atoms with Crippen molar-refractivity contribution < 1.29 is 19.0 Å². The van der Waals surface area contributed by atoms with E-state index in [4.69, 9.17) is 9.47 Å². The predicted octanol–water partition coefficient (Wildman–Crippen LogP) is 2.92. The van der Waals surface area contributed by atoms with E-state index >= 15 is 0 Å². The fourth-order valence-corrected chi connectivity index (χ4v) is 1.95. The van der Waals surface area contributed by atoms with Gasteiger partial charge in [-0.15, -0.1) is 0 Å². The van der Waals surface area contributed by atoms with E-state index in [0.717, 1.165) is 0 Å². The van der Waals surface area contributed by atoms with Gasteiger partial charge in [0.25, 0.3) is 0 Å². The van der Waals surface area contributed by atoms with Crippen LogP contribution in [0.3, 0.4) is 0 Å². The van der Waals surface area contributed by atoms with Gasteiger partial charge < -0.3 is 14.6 Å². The van der Waals surface area contributed by atoms with Gasteiger partial charge in [-0.1, -0.05) is 24.3 Å². The van der Waals surface area contributed by atoms with Crippen molar-refractivity contribution in [3.63, 3.8) is 0 Å². The Morgan fingerprint density at radius 2 is 1.68 bits per heavy atom. The first-order valence-corrected chi connectivity index (χ1v) is 5.81. The standard InChI is InChI=1S/C15H15FO3/c1-18-13-5-3-4-12(15(13)19-2)14(17)10-6-8-11(16)9-7-10/h3-9,14,17H,1-2H3. The summed E-state index contributed by atoms with van der Waals surface area (Å²) in [6.45, 7) is 0. The van der Waals surface area contributed by atoms with Crippen LogP contribution in [-0.2, 0) is 0 Å². The highest BCUT2D eigenvalue weighted by atomic mass is 19.1. The molecule has 1 unspecified atom stereocenters. The molecule has 100 valence electrons. The molecule has 0 heterocycles. The molecule has 0 fully saturated rings. The third-order valence-electron chi connectivity index (χ3n) is 2.91. The number of halogens is 1. The highest BCUT2D eigenvalue weighted by Gasteiger charge is 2.18. The van der Waals surface area contributed by atoms with Gasteiger partial charge in [-0.05, 0) is 23.8 Å². The number of rotatable bonds is 4. The monoisotopic (exact) mass is 262 g/mol. The number of hydrogen-bond donors (Lipinski definition) is 1. The maximum absolute atomic E-state index is 12.9. The second-order valence-corrected chi connectivity index (χ2v) is 4.04. The number of methoxy groups -OCH3 is 2. The van der Waals surface area contributed by atoms with Gasteiger partial charge >= 0.3 is 0 Å². The van der Waals surface area contributed by atoms with Crippen LogP contribution in [0.5, 0.6) is 11.5 Å². The van der Waals surface area contributed by atoms with E-state index in [1.165, 1.54) is 26.4 Å². The molecule has 2 aromatic carbocycles. The topological polar surface area (TPSA) is 38.7 Å². The van der Waals surface area contributed by atoms with Crippen molar-refractivity contribution in [1.82, 2.24) is 0 Å². The van der Waals surface area contributed by atoms with Crippen LogP contribution in [0.25, 0.3) is 0 Å². The van der Waals surface area contributed by atoms with Crippen LogP contribution < -0.4 is 9.47 Å². The highest BCUT2D eigenvalue weighted by molar-refractivity contribution is 5.49. The molecular formula is C15H15FO3. The van der Waals surface area contributed by atoms with Crippen LogP contribution in [-0.4, -0.2) is 19.3 Å². The normalized spacial score (nSPS) is 12.0. The quantitative estimate of drug-likeness (QED) is 0.920. The molecule has 0 aromatic heterocycles. The molecule has 0 spiro atoms. The van der Waals surface area contributed by atoms with Crippen molar-refractivity contribution in [2.45, 2.75) is 6.10 Å². The molecule has 1 atom stereocenters. The molecule has 0 bridgehead atoms. The summed E-state index contributed by atoms with van der Waals surface area (Å²) < 4.78 is 23.4. The van der Waals surface area contributed by atoms with Gasteiger partial charge in [0, 0.05) is 5.56 Å². The molecule has 0 saturated heterocycles. The molecule has 19 heavy (non-hydrogen) atoms. The van der Waals surface area contributed by atoms with E-state index in [-0.39, 0.29) is 5.82 Å². The minimum absolute atomic E-state index is 0.339. The SMILES string of the molecule is COc1cccc(C(O)c2ccc(F)cc2)c1OC. The third kappa shape index (κ3) is 2.69. The molecule has 0 aliphatic carbocycles. The summed E-state index contributed by atoms with van der Waals surface area (Å²) in [5.41, 5.74) is 1.17. The zero-order valence-electron chi connectivity index (χ0n) is 10.8. The smallest absolute Gasteiger partial charge is 0.166 e. The van der Waals surface area contributed by atoms with Crippen molar-refractivity contribution in [3.05, 3.63) is 59.4 Å². The van der Waals surface area contributed by atoms with Crippen molar-refractivity contribution in [2.24, 2.45) is 0 Å². The van der Waals surface area contributed by atoms with Crippen LogP contribution in [0.15, 0.2) is 42.5 Å². The number of para-hydroxylation sites is 1. The molecule has 4 heteroatoms. The molecule has 0 radical (unpaired) electrons. The zero-order valence-corrected chi connectivity index (χ0v) is 10.8. The Morgan fingerprint density at radius 1 is 1.00 bits per heavy atom. The maximum atomic E-state index is 12.9. The van der Waals surface area contributed by atoms with Crippen LogP contribution >= 0.6 is 0 Å². The fourth-order valence-electron chi connectivity index (χ4n) is 1.95. The van der Waals surface area contributed by atoms with Crippen LogP contribution in [0, 0.1) is 5.82 Å². The molecule has 0 aliphatic heterocycles. The third-order valence-corrected chi connectivity index (χ3v) is 2.91. The van der Waals surface area contributed by atoms with E-state index in [1.54, 1.807) is 30.3 Å². The Bertz CT molecular complexity index is 552. The summed E-state index contributed by atoms with van der Waals surface area (Å²) in [7, 11) is 3.05. The van der Waals surface area contributed by atoms with E-state index in [0.29, 0.717) is 22.6 Å². The number of hydrogen-bond acceptors (Lipinski definition) is 3. The van der Waals surface area contributed by atoms with Crippen molar-refractivity contribution in [1.29, 1.82) is 0 Å². The fraction of sp³-hybridized carbons (Fsp3) is 0.200. The maximum Gasteiger partial charge on any atom is 0.166 e. The van der Waals surface area contributed by atoms with Gasteiger partial charge in [0.05, 0.1) is 14.2 Å². The second kappa shape index (κ2) is 5.71. The first-order valence-electron chi connectivity index (χ1n) is 5.81. The Morgan fingerprint density at radius 3 is 2.26 bits per heavy atom. The summed E-state index contributed by atoms with van der Waals surface area (Å²) in [6, 6.07) is 11.0. The lowest BCUT2D eigenvalue weighted by atomic mass is 10.0. The summed E-state index contributed by atoms with van der Waals surface area (Å²) >= 11 is 0. The Labute approximate surface area is 111 Å². The minimum atomic E-state index is -0.898. The Kier molecular flexibility index (Phi) is 4.02. The van der Waals surface area contributed by atoms with E-state index in [9.17, 15) is 9.50 Å². The van der Waals surface area contributed by atoms with E-state index < -0.39 is 6.10 Å². The predicted molar refractivity (Wildman–Crippen MR) is 70.0 cm³/mol. The zero-order chi connectivity index (χ0) is 13.8. The van der Waals surface area contributed by atoms with Gasteiger partial charge in [0.1, 0.15) is 11.9 Å². The van der Waals surface area contributed by atoms with Gasteiger partial charge in [0.15, 0.2) is 11.5 Å². The van der Waals surface area contributed by atoms with E-state index in [2.05, 4.69) is 0 Å². The number of benzene rings is 2. The molecule has 0 saturated carbocycles.